The fourth-order valence-corrected chi connectivity index (χ4v) is 1.34. The molecule has 1 aliphatic rings. The van der Waals surface area contributed by atoms with Gasteiger partial charge < -0.3 is 15.0 Å². The van der Waals surface area contributed by atoms with Crippen molar-refractivity contribution in [1.82, 2.24) is 10.2 Å². The van der Waals surface area contributed by atoms with E-state index in [-0.39, 0.29) is 0 Å². The van der Waals surface area contributed by atoms with Crippen LogP contribution in [0.15, 0.2) is 12.2 Å². The molecule has 14 heavy (non-hydrogen) atoms. The normalized spacial score (nSPS) is 16.2. The SMILES string of the molecule is C=C(CNC1CC1)CN(C)CCOC. The third-order valence-electron chi connectivity index (χ3n) is 2.39. The zero-order valence-electron chi connectivity index (χ0n) is 9.38. The fourth-order valence-electron chi connectivity index (χ4n) is 1.34. The molecule has 3 nitrogen and oxygen atoms in total. The van der Waals surface area contributed by atoms with Crippen LogP contribution in [-0.2, 0) is 4.74 Å². The van der Waals surface area contributed by atoms with Crippen LogP contribution in [0.5, 0.6) is 0 Å². The van der Waals surface area contributed by atoms with Crippen molar-refractivity contribution >= 4 is 0 Å². The van der Waals surface area contributed by atoms with Gasteiger partial charge in [0.1, 0.15) is 0 Å². The monoisotopic (exact) mass is 198 g/mol. The molecule has 0 unspecified atom stereocenters. The Bertz CT molecular complexity index is 178. The van der Waals surface area contributed by atoms with Gasteiger partial charge in [0.05, 0.1) is 6.61 Å². The van der Waals surface area contributed by atoms with Gasteiger partial charge in [0, 0.05) is 32.8 Å². The van der Waals surface area contributed by atoms with Gasteiger partial charge in [-0.05, 0) is 25.5 Å². The predicted molar refractivity (Wildman–Crippen MR) is 59.5 cm³/mol. The topological polar surface area (TPSA) is 24.5 Å². The molecule has 0 atom stereocenters. The summed E-state index contributed by atoms with van der Waals surface area (Å²) in [4.78, 5) is 2.24. The number of nitrogens with one attached hydrogen (secondary N) is 1. The minimum atomic E-state index is 0.774. The van der Waals surface area contributed by atoms with Crippen LogP contribution in [-0.4, -0.2) is 51.3 Å². The average molecular weight is 198 g/mol. The molecule has 0 spiro atoms. The van der Waals surface area contributed by atoms with Crippen molar-refractivity contribution in [3.8, 4) is 0 Å². The average Bonchev–Trinajstić information content (AvgIpc) is 2.95. The van der Waals surface area contributed by atoms with E-state index in [1.54, 1.807) is 7.11 Å². The molecule has 82 valence electrons. The highest BCUT2D eigenvalue weighted by molar-refractivity contribution is 5.01. The number of hydrogen-bond donors (Lipinski definition) is 1. The second-order valence-corrected chi connectivity index (χ2v) is 4.14. The molecule has 0 aliphatic heterocycles. The molecule has 0 aromatic carbocycles. The Hall–Kier alpha value is -0.380. The van der Waals surface area contributed by atoms with Gasteiger partial charge in [-0.3, -0.25) is 0 Å². The quantitative estimate of drug-likeness (QED) is 0.586. The molecule has 3 heteroatoms. The largest absolute Gasteiger partial charge is 0.383 e. The standard InChI is InChI=1S/C11H22N2O/c1-10(8-12-11-4-5-11)9-13(2)6-7-14-3/h11-12H,1,4-9H2,2-3H3. The first kappa shape index (κ1) is 11.7. The molecule has 1 aliphatic carbocycles. The van der Waals surface area contributed by atoms with Gasteiger partial charge in [0.15, 0.2) is 0 Å². The highest BCUT2D eigenvalue weighted by atomic mass is 16.5. The maximum absolute atomic E-state index is 5.02. The smallest absolute Gasteiger partial charge is 0.0589 e. The molecule has 0 radical (unpaired) electrons. The molecule has 0 saturated heterocycles. The van der Waals surface area contributed by atoms with Crippen molar-refractivity contribution in [2.45, 2.75) is 18.9 Å². The summed E-state index contributed by atoms with van der Waals surface area (Å²) < 4.78 is 5.02. The van der Waals surface area contributed by atoms with Crippen LogP contribution < -0.4 is 5.32 Å². The second kappa shape index (κ2) is 6.17. The first-order chi connectivity index (χ1) is 6.72. The van der Waals surface area contributed by atoms with E-state index >= 15 is 0 Å². The molecule has 1 N–H and O–H groups in total. The van der Waals surface area contributed by atoms with Crippen LogP contribution in [0, 0.1) is 0 Å². The van der Waals surface area contributed by atoms with Gasteiger partial charge >= 0.3 is 0 Å². The van der Waals surface area contributed by atoms with Crippen LogP contribution in [0.1, 0.15) is 12.8 Å². The molecule has 0 aromatic rings. The van der Waals surface area contributed by atoms with Crippen LogP contribution in [0.4, 0.5) is 0 Å². The Morgan fingerprint density at radius 2 is 2.29 bits per heavy atom. The van der Waals surface area contributed by atoms with Crippen LogP contribution >= 0.6 is 0 Å². The van der Waals surface area contributed by atoms with Crippen molar-refractivity contribution in [3.63, 3.8) is 0 Å². The number of rotatable bonds is 8. The molecule has 1 rings (SSSR count). The molecule has 1 fully saturated rings. The lowest BCUT2D eigenvalue weighted by molar-refractivity contribution is 0.165. The van der Waals surface area contributed by atoms with Crippen molar-refractivity contribution in [2.75, 3.05) is 40.4 Å². The van der Waals surface area contributed by atoms with E-state index in [1.165, 1.54) is 18.4 Å². The van der Waals surface area contributed by atoms with Gasteiger partial charge in [-0.1, -0.05) is 6.58 Å². The number of nitrogens with zero attached hydrogens (tertiary/aromatic N) is 1. The van der Waals surface area contributed by atoms with Crippen molar-refractivity contribution in [3.05, 3.63) is 12.2 Å². The van der Waals surface area contributed by atoms with Gasteiger partial charge in [-0.15, -0.1) is 0 Å². The zero-order chi connectivity index (χ0) is 10.4. The molecule has 0 aromatic heterocycles. The van der Waals surface area contributed by atoms with Crippen LogP contribution in [0.2, 0.25) is 0 Å². The van der Waals surface area contributed by atoms with Gasteiger partial charge in [-0.25, -0.2) is 0 Å². The summed E-state index contributed by atoms with van der Waals surface area (Å²) >= 11 is 0. The summed E-state index contributed by atoms with van der Waals surface area (Å²) in [6, 6.07) is 0.774. The van der Waals surface area contributed by atoms with Gasteiger partial charge in [0.25, 0.3) is 0 Å². The number of hydrogen-bond acceptors (Lipinski definition) is 3. The Morgan fingerprint density at radius 3 is 2.86 bits per heavy atom. The van der Waals surface area contributed by atoms with E-state index in [9.17, 15) is 0 Å². The third-order valence-corrected chi connectivity index (χ3v) is 2.39. The number of methoxy groups -OCH3 is 1. The van der Waals surface area contributed by atoms with Crippen molar-refractivity contribution in [2.24, 2.45) is 0 Å². The minimum Gasteiger partial charge on any atom is -0.383 e. The van der Waals surface area contributed by atoms with E-state index in [2.05, 4.69) is 23.8 Å². The third kappa shape index (κ3) is 5.37. The summed E-state index contributed by atoms with van der Waals surface area (Å²) in [5, 5.41) is 3.46. The van der Waals surface area contributed by atoms with Crippen molar-refractivity contribution < 1.29 is 4.74 Å². The van der Waals surface area contributed by atoms with E-state index < -0.39 is 0 Å². The summed E-state index contributed by atoms with van der Waals surface area (Å²) in [6.45, 7) is 7.74. The second-order valence-electron chi connectivity index (χ2n) is 4.14. The highest BCUT2D eigenvalue weighted by Crippen LogP contribution is 2.18. The van der Waals surface area contributed by atoms with Crippen LogP contribution in [0.3, 0.4) is 0 Å². The summed E-state index contributed by atoms with van der Waals surface area (Å²) in [6.07, 6.45) is 2.68. The Kier molecular flexibility index (Phi) is 5.15. The number of likely N-dealkylation sites (N-methyl/N-ethyl adjacent to an activating group) is 1. The molecular formula is C11H22N2O. The molecule has 0 amide bonds. The van der Waals surface area contributed by atoms with Gasteiger partial charge in [0.2, 0.25) is 0 Å². The Labute approximate surface area is 87.1 Å². The lowest BCUT2D eigenvalue weighted by atomic mass is 10.3. The molecular weight excluding hydrogens is 176 g/mol. The summed E-state index contributed by atoms with van der Waals surface area (Å²) in [5.41, 5.74) is 1.26. The van der Waals surface area contributed by atoms with Crippen LogP contribution in [0.25, 0.3) is 0 Å². The maximum atomic E-state index is 5.02. The van der Waals surface area contributed by atoms with E-state index in [0.29, 0.717) is 0 Å². The number of ether oxygens (including phenoxy) is 1. The highest BCUT2D eigenvalue weighted by Gasteiger charge is 2.20. The van der Waals surface area contributed by atoms with Crippen molar-refractivity contribution in [1.29, 1.82) is 0 Å². The summed E-state index contributed by atoms with van der Waals surface area (Å²) in [5.74, 6) is 0. The van der Waals surface area contributed by atoms with Gasteiger partial charge in [-0.2, -0.15) is 0 Å². The van der Waals surface area contributed by atoms with E-state index in [0.717, 1.165) is 32.3 Å². The fraction of sp³-hybridized carbons (Fsp3) is 0.818. The Balaban J connectivity index is 1.99. The Morgan fingerprint density at radius 1 is 1.57 bits per heavy atom. The van der Waals surface area contributed by atoms with E-state index in [1.807, 2.05) is 0 Å². The minimum absolute atomic E-state index is 0.774. The lowest BCUT2D eigenvalue weighted by Crippen LogP contribution is -2.29. The lowest BCUT2D eigenvalue weighted by Gasteiger charge is -2.17. The molecule has 1 saturated carbocycles. The predicted octanol–water partition coefficient (Wildman–Crippen LogP) is 0.873. The first-order valence-electron chi connectivity index (χ1n) is 5.30. The summed E-state index contributed by atoms with van der Waals surface area (Å²) in [7, 11) is 3.83. The van der Waals surface area contributed by atoms with E-state index in [4.69, 9.17) is 4.74 Å². The maximum Gasteiger partial charge on any atom is 0.0589 e. The first-order valence-corrected chi connectivity index (χ1v) is 5.30. The zero-order valence-corrected chi connectivity index (χ0v) is 9.38. The molecule has 0 bridgehead atoms. The molecule has 0 heterocycles.